The first kappa shape index (κ1) is 19.7. The Morgan fingerprint density at radius 1 is 1.07 bits per heavy atom. The molecule has 1 unspecified atom stereocenters. The largest absolute Gasteiger partial charge is 0.345 e. The molecule has 0 aliphatic heterocycles. The van der Waals surface area contributed by atoms with E-state index in [2.05, 4.69) is 46.0 Å². The van der Waals surface area contributed by atoms with E-state index >= 15 is 0 Å². The van der Waals surface area contributed by atoms with E-state index in [1.54, 1.807) is 23.1 Å². The molecular weight excluding hydrogens is 396 g/mol. The first-order valence-electron chi connectivity index (χ1n) is 9.52. The summed E-state index contributed by atoms with van der Waals surface area (Å²) in [5.41, 5.74) is 2.86. The van der Waals surface area contributed by atoms with E-state index in [1.807, 2.05) is 50.2 Å². The number of hydrogen-bond acceptors (Lipinski definition) is 4. The number of amides is 1. The van der Waals surface area contributed by atoms with Crippen LogP contribution < -0.4 is 5.32 Å². The van der Waals surface area contributed by atoms with Crippen molar-refractivity contribution in [2.45, 2.75) is 30.5 Å². The maximum atomic E-state index is 13.0. The second kappa shape index (κ2) is 8.80. The molecule has 29 heavy (non-hydrogen) atoms. The molecule has 0 fully saturated rings. The zero-order valence-electron chi connectivity index (χ0n) is 16.4. The predicted molar refractivity (Wildman–Crippen MR) is 123 cm³/mol. The van der Waals surface area contributed by atoms with Crippen molar-refractivity contribution in [2.75, 3.05) is 0 Å². The van der Waals surface area contributed by atoms with Gasteiger partial charge >= 0.3 is 0 Å². The molecule has 146 valence electrons. The summed E-state index contributed by atoms with van der Waals surface area (Å²) in [5.74, 6) is 0.706. The van der Waals surface area contributed by atoms with Gasteiger partial charge in [-0.2, -0.15) is 0 Å². The molecule has 0 saturated carbocycles. The van der Waals surface area contributed by atoms with Gasteiger partial charge in [0.1, 0.15) is 0 Å². The fourth-order valence-corrected chi connectivity index (χ4v) is 4.90. The number of aromatic nitrogens is 1. The lowest BCUT2D eigenvalue weighted by atomic mass is 10.0. The van der Waals surface area contributed by atoms with Crippen LogP contribution in [0, 0.1) is 6.92 Å². The number of nitrogens with one attached hydrogen (secondary N) is 1. The molecule has 3 aromatic carbocycles. The highest BCUT2D eigenvalue weighted by Gasteiger charge is 2.15. The molecule has 1 amide bonds. The summed E-state index contributed by atoms with van der Waals surface area (Å²) < 4.78 is 0. The summed E-state index contributed by atoms with van der Waals surface area (Å²) in [6, 6.07) is 22.3. The summed E-state index contributed by atoms with van der Waals surface area (Å²) in [5, 5.41) is 8.68. The molecule has 0 aliphatic carbocycles. The van der Waals surface area contributed by atoms with Crippen LogP contribution in [0.25, 0.3) is 10.8 Å². The van der Waals surface area contributed by atoms with Crippen LogP contribution in [0.1, 0.15) is 39.6 Å². The van der Waals surface area contributed by atoms with Gasteiger partial charge in [0.25, 0.3) is 5.91 Å². The summed E-state index contributed by atoms with van der Waals surface area (Å²) >= 11 is 3.30. The lowest BCUT2D eigenvalue weighted by molar-refractivity contribution is 0.0937. The third-order valence-electron chi connectivity index (χ3n) is 4.79. The van der Waals surface area contributed by atoms with Crippen molar-refractivity contribution in [3.05, 3.63) is 93.9 Å². The molecule has 0 radical (unpaired) electrons. The number of carbonyl (C=O) groups excluding carboxylic acids is 1. The predicted octanol–water partition coefficient (Wildman–Crippen LogP) is 6.39. The zero-order chi connectivity index (χ0) is 20.2. The maximum absolute atomic E-state index is 13.0. The van der Waals surface area contributed by atoms with Crippen molar-refractivity contribution in [1.29, 1.82) is 0 Å². The van der Waals surface area contributed by atoms with Gasteiger partial charge in [0.15, 0.2) is 0 Å². The molecule has 3 nitrogen and oxygen atoms in total. The number of carbonyl (C=O) groups is 1. The monoisotopic (exact) mass is 418 g/mol. The van der Waals surface area contributed by atoms with Crippen molar-refractivity contribution in [1.82, 2.24) is 10.3 Å². The van der Waals surface area contributed by atoms with Crippen molar-refractivity contribution >= 4 is 39.8 Å². The molecule has 0 aliphatic rings. The van der Waals surface area contributed by atoms with E-state index in [0.29, 0.717) is 5.56 Å². The van der Waals surface area contributed by atoms with Gasteiger partial charge in [-0.1, -0.05) is 48.5 Å². The molecular formula is C24H22N2OS2. The van der Waals surface area contributed by atoms with Crippen LogP contribution in [0.3, 0.4) is 0 Å². The topological polar surface area (TPSA) is 42.0 Å². The Balaban J connectivity index is 1.48. The Kier molecular flexibility index (Phi) is 5.97. The van der Waals surface area contributed by atoms with Gasteiger partial charge in [-0.25, -0.2) is 4.98 Å². The first-order chi connectivity index (χ1) is 14.1. The highest BCUT2D eigenvalue weighted by molar-refractivity contribution is 7.98. The van der Waals surface area contributed by atoms with Gasteiger partial charge in [-0.3, -0.25) is 4.79 Å². The molecule has 1 atom stereocenters. The Bertz CT molecular complexity index is 1150. The smallest absolute Gasteiger partial charge is 0.252 e. The quantitative estimate of drug-likeness (QED) is 0.369. The molecule has 4 aromatic rings. The number of rotatable bonds is 6. The molecule has 0 bridgehead atoms. The van der Waals surface area contributed by atoms with Crippen LogP contribution in [-0.4, -0.2) is 10.9 Å². The fraction of sp³-hybridized carbons (Fsp3) is 0.167. The van der Waals surface area contributed by atoms with Crippen molar-refractivity contribution in [3.8, 4) is 0 Å². The van der Waals surface area contributed by atoms with E-state index in [9.17, 15) is 4.79 Å². The first-order valence-corrected chi connectivity index (χ1v) is 11.4. The van der Waals surface area contributed by atoms with E-state index < -0.39 is 0 Å². The number of thioether (sulfide) groups is 1. The number of thiazole rings is 1. The van der Waals surface area contributed by atoms with Crippen LogP contribution in [0.5, 0.6) is 0 Å². The zero-order valence-corrected chi connectivity index (χ0v) is 18.0. The number of aryl methyl sites for hydroxylation is 1. The fourth-order valence-electron chi connectivity index (χ4n) is 3.24. The van der Waals surface area contributed by atoms with Gasteiger partial charge in [-0.15, -0.1) is 23.1 Å². The lowest BCUT2D eigenvalue weighted by Gasteiger charge is -2.16. The van der Waals surface area contributed by atoms with Gasteiger partial charge in [0, 0.05) is 16.0 Å². The van der Waals surface area contributed by atoms with Crippen LogP contribution in [0.15, 0.2) is 77.0 Å². The van der Waals surface area contributed by atoms with Gasteiger partial charge < -0.3 is 5.32 Å². The molecule has 1 heterocycles. The maximum Gasteiger partial charge on any atom is 0.252 e. The molecule has 5 heteroatoms. The molecule has 0 spiro atoms. The second-order valence-corrected chi connectivity index (χ2v) is 9.02. The SMILES string of the molecule is Cc1nc(CSc2ccccc2C(=O)NC(C)c2ccc3ccccc3c2)cs1. The summed E-state index contributed by atoms with van der Waals surface area (Å²) in [6.07, 6.45) is 0. The summed E-state index contributed by atoms with van der Waals surface area (Å²) in [7, 11) is 0. The third-order valence-corrected chi connectivity index (χ3v) is 6.72. The highest BCUT2D eigenvalue weighted by atomic mass is 32.2. The minimum absolute atomic E-state index is 0.0526. The van der Waals surface area contributed by atoms with Crippen LogP contribution in [0.4, 0.5) is 0 Å². The number of nitrogens with zero attached hydrogens (tertiary/aromatic N) is 1. The van der Waals surface area contributed by atoms with Gasteiger partial charge in [0.2, 0.25) is 0 Å². The van der Waals surface area contributed by atoms with E-state index in [-0.39, 0.29) is 11.9 Å². The van der Waals surface area contributed by atoms with Crippen LogP contribution >= 0.6 is 23.1 Å². The number of hydrogen-bond donors (Lipinski definition) is 1. The normalized spacial score (nSPS) is 12.1. The number of fused-ring (bicyclic) bond motifs is 1. The lowest BCUT2D eigenvalue weighted by Crippen LogP contribution is -2.27. The highest BCUT2D eigenvalue weighted by Crippen LogP contribution is 2.28. The minimum atomic E-state index is -0.0775. The van der Waals surface area contributed by atoms with Crippen molar-refractivity contribution in [2.24, 2.45) is 0 Å². The van der Waals surface area contributed by atoms with E-state index in [1.165, 1.54) is 10.8 Å². The minimum Gasteiger partial charge on any atom is -0.345 e. The number of benzene rings is 3. The van der Waals surface area contributed by atoms with Crippen molar-refractivity contribution < 1.29 is 4.79 Å². The van der Waals surface area contributed by atoms with E-state index in [4.69, 9.17) is 0 Å². The van der Waals surface area contributed by atoms with Crippen LogP contribution in [0.2, 0.25) is 0 Å². The molecule has 1 N–H and O–H groups in total. The molecule has 1 aromatic heterocycles. The van der Waals surface area contributed by atoms with Crippen LogP contribution in [-0.2, 0) is 5.75 Å². The summed E-state index contributed by atoms with van der Waals surface area (Å²) in [6.45, 7) is 4.03. The molecule has 0 saturated heterocycles. The third kappa shape index (κ3) is 4.69. The Morgan fingerprint density at radius 2 is 1.83 bits per heavy atom. The van der Waals surface area contributed by atoms with E-state index in [0.717, 1.165) is 26.9 Å². The van der Waals surface area contributed by atoms with Gasteiger partial charge in [0.05, 0.1) is 22.3 Å². The Morgan fingerprint density at radius 3 is 2.62 bits per heavy atom. The Labute approximate surface area is 179 Å². The average Bonchev–Trinajstić information content (AvgIpc) is 3.17. The Hall–Kier alpha value is -2.63. The second-order valence-electron chi connectivity index (χ2n) is 6.94. The average molecular weight is 419 g/mol. The summed E-state index contributed by atoms with van der Waals surface area (Å²) in [4.78, 5) is 18.5. The molecule has 4 rings (SSSR count). The van der Waals surface area contributed by atoms with Gasteiger partial charge in [-0.05, 0) is 48.4 Å². The van der Waals surface area contributed by atoms with Crippen molar-refractivity contribution in [3.63, 3.8) is 0 Å². The standard InChI is InChI=1S/C24H22N2OS2/c1-16(19-12-11-18-7-3-4-8-20(18)13-19)25-24(27)22-9-5-6-10-23(22)29-15-21-14-28-17(2)26-21/h3-14,16H,15H2,1-2H3,(H,25,27).